The van der Waals surface area contributed by atoms with Gasteiger partial charge in [0.05, 0.1) is 5.69 Å². The third-order valence-corrected chi connectivity index (χ3v) is 3.56. The molecule has 6 heteroatoms. The van der Waals surface area contributed by atoms with Crippen molar-refractivity contribution in [1.29, 1.82) is 0 Å². The molecular weight excluding hydrogens is 251 g/mol. The summed E-state index contributed by atoms with van der Waals surface area (Å²) in [4.78, 5) is 0.893. The zero-order valence-corrected chi connectivity index (χ0v) is 10.9. The van der Waals surface area contributed by atoms with Crippen molar-refractivity contribution in [2.75, 3.05) is 5.75 Å². The average Bonchev–Trinajstić information content (AvgIpc) is 2.72. The molecule has 1 atom stereocenters. The molecule has 1 heterocycles. The Hall–Kier alpha value is -1.40. The highest BCUT2D eigenvalue weighted by Crippen LogP contribution is 2.19. The number of aryl methyl sites for hydroxylation is 1. The van der Waals surface area contributed by atoms with Crippen LogP contribution >= 0.6 is 11.8 Å². The van der Waals surface area contributed by atoms with Gasteiger partial charge in [0.15, 0.2) is 0 Å². The van der Waals surface area contributed by atoms with Gasteiger partial charge < -0.3 is 5.73 Å². The maximum atomic E-state index is 13.0. The molecule has 1 aromatic carbocycles. The lowest BCUT2D eigenvalue weighted by molar-refractivity contribution is 0.624. The average molecular weight is 266 g/mol. The van der Waals surface area contributed by atoms with Crippen LogP contribution in [-0.2, 0) is 13.5 Å². The van der Waals surface area contributed by atoms with Crippen molar-refractivity contribution in [2.45, 2.75) is 17.4 Å². The molecule has 0 aliphatic carbocycles. The smallest absolute Gasteiger partial charge is 0.124 e. The summed E-state index contributed by atoms with van der Waals surface area (Å²) in [6, 6.07) is 6.51. The lowest BCUT2D eigenvalue weighted by atomic mass is 10.2. The summed E-state index contributed by atoms with van der Waals surface area (Å²) in [7, 11) is 1.82. The van der Waals surface area contributed by atoms with E-state index in [1.165, 1.54) is 12.1 Å². The SMILES string of the molecule is Cn1cc(CC(N)CSc2cccc(F)c2)nn1. The van der Waals surface area contributed by atoms with Crippen molar-refractivity contribution in [3.05, 3.63) is 42.0 Å². The normalized spacial score (nSPS) is 12.6. The van der Waals surface area contributed by atoms with E-state index in [0.29, 0.717) is 6.42 Å². The highest BCUT2D eigenvalue weighted by molar-refractivity contribution is 7.99. The van der Waals surface area contributed by atoms with Gasteiger partial charge in [0.2, 0.25) is 0 Å². The van der Waals surface area contributed by atoms with Crippen LogP contribution in [0, 0.1) is 5.82 Å². The molecule has 0 radical (unpaired) electrons. The van der Waals surface area contributed by atoms with Crippen LogP contribution in [-0.4, -0.2) is 26.8 Å². The summed E-state index contributed by atoms with van der Waals surface area (Å²) in [5.41, 5.74) is 6.89. The quantitative estimate of drug-likeness (QED) is 0.835. The van der Waals surface area contributed by atoms with Gasteiger partial charge in [-0.05, 0) is 18.2 Å². The highest BCUT2D eigenvalue weighted by Gasteiger charge is 2.08. The van der Waals surface area contributed by atoms with E-state index in [-0.39, 0.29) is 11.9 Å². The molecule has 18 heavy (non-hydrogen) atoms. The lowest BCUT2D eigenvalue weighted by Gasteiger charge is -2.09. The Bertz CT molecular complexity index is 514. The number of nitrogens with zero attached hydrogens (tertiary/aromatic N) is 3. The number of halogens is 1. The third kappa shape index (κ3) is 3.82. The Labute approximate surface area is 109 Å². The Morgan fingerprint density at radius 2 is 2.33 bits per heavy atom. The molecule has 96 valence electrons. The van der Waals surface area contributed by atoms with Gasteiger partial charge in [-0.1, -0.05) is 11.3 Å². The molecule has 0 aliphatic rings. The molecule has 2 rings (SSSR count). The van der Waals surface area contributed by atoms with Gasteiger partial charge >= 0.3 is 0 Å². The van der Waals surface area contributed by atoms with Gasteiger partial charge in [0, 0.05) is 36.4 Å². The van der Waals surface area contributed by atoms with E-state index >= 15 is 0 Å². The monoisotopic (exact) mass is 266 g/mol. The van der Waals surface area contributed by atoms with E-state index < -0.39 is 0 Å². The minimum atomic E-state index is -0.220. The number of rotatable bonds is 5. The van der Waals surface area contributed by atoms with Gasteiger partial charge in [-0.3, -0.25) is 4.68 Å². The molecule has 0 aliphatic heterocycles. The summed E-state index contributed by atoms with van der Waals surface area (Å²) in [6.07, 6.45) is 2.53. The fraction of sp³-hybridized carbons (Fsp3) is 0.333. The van der Waals surface area contributed by atoms with Crippen molar-refractivity contribution >= 4 is 11.8 Å². The van der Waals surface area contributed by atoms with Crippen LogP contribution in [0.2, 0.25) is 0 Å². The Morgan fingerprint density at radius 1 is 1.50 bits per heavy atom. The Morgan fingerprint density at radius 3 is 3.00 bits per heavy atom. The molecule has 2 N–H and O–H groups in total. The van der Waals surface area contributed by atoms with Crippen LogP contribution in [0.25, 0.3) is 0 Å². The molecule has 0 amide bonds. The second-order valence-electron chi connectivity index (χ2n) is 4.12. The van der Waals surface area contributed by atoms with Crippen LogP contribution in [0.5, 0.6) is 0 Å². The fourth-order valence-corrected chi connectivity index (χ4v) is 2.47. The molecule has 0 saturated heterocycles. The second-order valence-corrected chi connectivity index (χ2v) is 5.21. The van der Waals surface area contributed by atoms with Crippen LogP contribution < -0.4 is 5.73 Å². The summed E-state index contributed by atoms with van der Waals surface area (Å²) >= 11 is 1.55. The zero-order chi connectivity index (χ0) is 13.0. The molecular formula is C12H15FN4S. The Balaban J connectivity index is 1.83. The van der Waals surface area contributed by atoms with E-state index in [2.05, 4.69) is 10.3 Å². The summed E-state index contributed by atoms with van der Waals surface area (Å²) in [6.45, 7) is 0. The summed E-state index contributed by atoms with van der Waals surface area (Å²) in [5.74, 6) is 0.502. The van der Waals surface area contributed by atoms with Gasteiger partial charge in [0.25, 0.3) is 0 Å². The van der Waals surface area contributed by atoms with Crippen LogP contribution in [0.4, 0.5) is 4.39 Å². The van der Waals surface area contributed by atoms with Gasteiger partial charge in [0.1, 0.15) is 5.82 Å². The largest absolute Gasteiger partial charge is 0.327 e. The van der Waals surface area contributed by atoms with Gasteiger partial charge in [-0.2, -0.15) is 0 Å². The van der Waals surface area contributed by atoms with E-state index in [0.717, 1.165) is 16.3 Å². The number of hydrogen-bond acceptors (Lipinski definition) is 4. The first-order valence-corrected chi connectivity index (χ1v) is 6.61. The van der Waals surface area contributed by atoms with Crippen molar-refractivity contribution < 1.29 is 4.39 Å². The summed E-state index contributed by atoms with van der Waals surface area (Å²) in [5, 5.41) is 7.84. The van der Waals surface area contributed by atoms with Crippen molar-refractivity contribution in [3.63, 3.8) is 0 Å². The molecule has 0 saturated carbocycles. The fourth-order valence-electron chi connectivity index (χ4n) is 1.58. The van der Waals surface area contributed by atoms with Crippen LogP contribution in [0.15, 0.2) is 35.4 Å². The number of nitrogens with two attached hydrogens (primary N) is 1. The van der Waals surface area contributed by atoms with Gasteiger partial charge in [-0.15, -0.1) is 16.9 Å². The maximum absolute atomic E-state index is 13.0. The first-order valence-electron chi connectivity index (χ1n) is 5.62. The summed E-state index contributed by atoms with van der Waals surface area (Å²) < 4.78 is 14.6. The van der Waals surface area contributed by atoms with Crippen molar-refractivity contribution in [3.8, 4) is 0 Å². The van der Waals surface area contributed by atoms with E-state index in [1.54, 1.807) is 22.5 Å². The molecule has 2 aromatic rings. The molecule has 1 unspecified atom stereocenters. The maximum Gasteiger partial charge on any atom is 0.124 e. The first-order chi connectivity index (χ1) is 8.63. The molecule has 0 bridgehead atoms. The minimum Gasteiger partial charge on any atom is -0.327 e. The van der Waals surface area contributed by atoms with Crippen molar-refractivity contribution in [1.82, 2.24) is 15.0 Å². The molecule has 1 aromatic heterocycles. The lowest BCUT2D eigenvalue weighted by Crippen LogP contribution is -2.25. The molecule has 4 nitrogen and oxygen atoms in total. The zero-order valence-electron chi connectivity index (χ0n) is 10.1. The van der Waals surface area contributed by atoms with Gasteiger partial charge in [-0.25, -0.2) is 4.39 Å². The highest BCUT2D eigenvalue weighted by atomic mass is 32.2. The standard InChI is InChI=1S/C12H15FN4S/c1-17-7-11(15-16-17)6-10(14)8-18-12-4-2-3-9(13)5-12/h2-5,7,10H,6,8,14H2,1H3. The number of benzene rings is 1. The van der Waals surface area contributed by atoms with E-state index in [1.807, 2.05) is 19.3 Å². The predicted octanol–water partition coefficient (Wildman–Crippen LogP) is 1.62. The first kappa shape index (κ1) is 13.0. The van der Waals surface area contributed by atoms with E-state index in [9.17, 15) is 4.39 Å². The molecule has 0 spiro atoms. The van der Waals surface area contributed by atoms with Crippen LogP contribution in [0.1, 0.15) is 5.69 Å². The predicted molar refractivity (Wildman–Crippen MR) is 69.8 cm³/mol. The number of aromatic nitrogens is 3. The second kappa shape index (κ2) is 5.97. The number of thioether (sulfide) groups is 1. The topological polar surface area (TPSA) is 56.7 Å². The van der Waals surface area contributed by atoms with Crippen molar-refractivity contribution in [2.24, 2.45) is 12.8 Å². The molecule has 0 fully saturated rings. The van der Waals surface area contributed by atoms with Crippen LogP contribution in [0.3, 0.4) is 0 Å². The number of hydrogen-bond donors (Lipinski definition) is 1. The third-order valence-electron chi connectivity index (χ3n) is 2.38. The Kier molecular flexibility index (Phi) is 4.33. The minimum absolute atomic E-state index is 0.0185. The van der Waals surface area contributed by atoms with E-state index in [4.69, 9.17) is 5.73 Å².